The van der Waals surface area contributed by atoms with E-state index in [1.165, 1.54) is 16.8 Å². The lowest BCUT2D eigenvalue weighted by Gasteiger charge is -2.13. The van der Waals surface area contributed by atoms with Crippen LogP contribution < -0.4 is 0 Å². The molecule has 0 radical (unpaired) electrons. The molecule has 0 aliphatic heterocycles. The van der Waals surface area contributed by atoms with Gasteiger partial charge in [-0.2, -0.15) is 0 Å². The highest BCUT2D eigenvalue weighted by atomic mass is 79.9. The first kappa shape index (κ1) is 13.4. The highest BCUT2D eigenvalue weighted by molar-refractivity contribution is 9.10. The van der Waals surface area contributed by atoms with Gasteiger partial charge in [-0.3, -0.25) is 0 Å². The number of aromatic amines is 1. The van der Waals surface area contributed by atoms with Crippen molar-refractivity contribution in [3.63, 3.8) is 0 Å². The van der Waals surface area contributed by atoms with E-state index in [1.54, 1.807) is 0 Å². The molecule has 2 nitrogen and oxygen atoms in total. The molecular formula is C17H16BrNO. The summed E-state index contributed by atoms with van der Waals surface area (Å²) in [5, 5.41) is 0. The second-order valence-electron chi connectivity index (χ2n) is 5.11. The molecule has 0 saturated heterocycles. The summed E-state index contributed by atoms with van der Waals surface area (Å²) < 4.78 is 1.06. The van der Waals surface area contributed by atoms with Gasteiger partial charge in [-0.1, -0.05) is 40.2 Å². The van der Waals surface area contributed by atoms with Crippen LogP contribution in [0.1, 0.15) is 34.9 Å². The van der Waals surface area contributed by atoms with Gasteiger partial charge in [0.2, 0.25) is 0 Å². The molecule has 1 N–H and O–H groups in total. The Morgan fingerprint density at radius 1 is 1.20 bits per heavy atom. The van der Waals surface area contributed by atoms with Crippen molar-refractivity contribution < 1.29 is 4.79 Å². The minimum atomic E-state index is 0.117. The topological polar surface area (TPSA) is 32.9 Å². The molecule has 2 aromatic rings. The normalized spacial score (nSPS) is 14.8. The third kappa shape index (κ3) is 2.63. The van der Waals surface area contributed by atoms with Gasteiger partial charge in [0.1, 0.15) is 6.29 Å². The molecule has 0 unspecified atom stereocenters. The fourth-order valence-electron chi connectivity index (χ4n) is 2.76. The summed E-state index contributed by atoms with van der Waals surface area (Å²) in [6.45, 7) is 0. The standard InChI is InChI=1S/C17H16BrNO/c18-14-7-5-12(6-8-14)15(9-10-20)17-11-13-3-1-2-4-16(13)19-17/h1-2,5-8,10-11,15,19H,3-4,9H2/t15-/m0/s1. The van der Waals surface area contributed by atoms with Gasteiger partial charge in [0.05, 0.1) is 0 Å². The Bertz CT molecular complexity index is 614. The fourth-order valence-corrected chi connectivity index (χ4v) is 3.03. The van der Waals surface area contributed by atoms with Crippen molar-refractivity contribution in [3.8, 4) is 0 Å². The van der Waals surface area contributed by atoms with E-state index in [0.29, 0.717) is 6.42 Å². The van der Waals surface area contributed by atoms with Gasteiger partial charge in [0.25, 0.3) is 0 Å². The van der Waals surface area contributed by atoms with Crippen LogP contribution in [0.2, 0.25) is 0 Å². The Kier molecular flexibility index (Phi) is 3.88. The van der Waals surface area contributed by atoms with Gasteiger partial charge in [-0.05, 0) is 35.7 Å². The summed E-state index contributed by atoms with van der Waals surface area (Å²) >= 11 is 3.45. The van der Waals surface area contributed by atoms with Crippen molar-refractivity contribution in [2.45, 2.75) is 25.2 Å². The number of benzene rings is 1. The first-order chi connectivity index (χ1) is 9.78. The molecule has 102 valence electrons. The second kappa shape index (κ2) is 5.80. The molecule has 3 rings (SSSR count). The Labute approximate surface area is 127 Å². The summed E-state index contributed by atoms with van der Waals surface area (Å²) in [6, 6.07) is 10.4. The van der Waals surface area contributed by atoms with Crippen molar-refractivity contribution >= 4 is 22.2 Å². The van der Waals surface area contributed by atoms with Crippen LogP contribution in [0.4, 0.5) is 0 Å². The van der Waals surface area contributed by atoms with Gasteiger partial charge >= 0.3 is 0 Å². The van der Waals surface area contributed by atoms with Gasteiger partial charge in [0, 0.05) is 34.6 Å². The van der Waals surface area contributed by atoms with Crippen molar-refractivity contribution in [2.75, 3.05) is 0 Å². The first-order valence-corrected chi connectivity index (χ1v) is 7.62. The summed E-state index contributed by atoms with van der Waals surface area (Å²) in [6.07, 6.45) is 7.86. The lowest BCUT2D eigenvalue weighted by molar-refractivity contribution is -0.108. The largest absolute Gasteiger partial charge is 0.361 e. The number of hydrogen-bond donors (Lipinski definition) is 1. The third-order valence-electron chi connectivity index (χ3n) is 3.82. The molecule has 1 aromatic heterocycles. The molecule has 1 atom stereocenters. The number of carbonyl (C=O) groups excluding carboxylic acids is 1. The monoisotopic (exact) mass is 329 g/mol. The van der Waals surface area contributed by atoms with Crippen LogP contribution in [-0.4, -0.2) is 11.3 Å². The van der Waals surface area contributed by atoms with Crippen molar-refractivity contribution in [3.05, 3.63) is 69.5 Å². The zero-order valence-corrected chi connectivity index (χ0v) is 12.7. The lowest BCUT2D eigenvalue weighted by Crippen LogP contribution is -2.02. The highest BCUT2D eigenvalue weighted by Crippen LogP contribution is 2.30. The smallest absolute Gasteiger partial charge is 0.120 e. The Morgan fingerprint density at radius 2 is 1.95 bits per heavy atom. The minimum Gasteiger partial charge on any atom is -0.361 e. The summed E-state index contributed by atoms with van der Waals surface area (Å²) in [4.78, 5) is 14.5. The number of fused-ring (bicyclic) bond motifs is 1. The number of halogens is 1. The number of rotatable bonds is 4. The molecule has 20 heavy (non-hydrogen) atoms. The van der Waals surface area contributed by atoms with Crippen LogP contribution in [0.3, 0.4) is 0 Å². The van der Waals surface area contributed by atoms with E-state index in [9.17, 15) is 4.79 Å². The second-order valence-corrected chi connectivity index (χ2v) is 6.03. The molecule has 1 aliphatic carbocycles. The van der Waals surface area contributed by atoms with Crippen LogP contribution in [0.5, 0.6) is 0 Å². The average molecular weight is 330 g/mol. The molecule has 1 aromatic carbocycles. The summed E-state index contributed by atoms with van der Waals surface area (Å²) in [5.74, 6) is 0.117. The molecule has 3 heteroatoms. The SMILES string of the molecule is O=CC[C@@H](c1ccc(Br)cc1)c1cc2c([nH]1)CC=CC2. The van der Waals surface area contributed by atoms with E-state index in [1.807, 2.05) is 12.1 Å². The lowest BCUT2D eigenvalue weighted by atomic mass is 9.93. The van der Waals surface area contributed by atoms with Crippen LogP contribution in [0, 0.1) is 0 Å². The van der Waals surface area contributed by atoms with Gasteiger partial charge in [0.15, 0.2) is 0 Å². The Balaban J connectivity index is 1.96. The van der Waals surface area contributed by atoms with E-state index in [2.05, 4.69) is 51.3 Å². The molecule has 1 aliphatic rings. The molecule has 0 spiro atoms. The molecule has 0 saturated carbocycles. The van der Waals surface area contributed by atoms with E-state index < -0.39 is 0 Å². The number of H-pyrrole nitrogens is 1. The summed E-state index contributed by atoms with van der Waals surface area (Å²) in [7, 11) is 0. The number of allylic oxidation sites excluding steroid dienone is 2. The average Bonchev–Trinajstić information content (AvgIpc) is 2.89. The van der Waals surface area contributed by atoms with E-state index in [0.717, 1.165) is 29.3 Å². The quantitative estimate of drug-likeness (QED) is 0.663. The van der Waals surface area contributed by atoms with Crippen molar-refractivity contribution in [1.29, 1.82) is 0 Å². The maximum Gasteiger partial charge on any atom is 0.120 e. The number of nitrogens with one attached hydrogen (secondary N) is 1. The molecule has 0 bridgehead atoms. The molecule has 0 amide bonds. The zero-order chi connectivity index (χ0) is 13.9. The van der Waals surface area contributed by atoms with Crippen LogP contribution in [0.15, 0.2) is 47.0 Å². The highest BCUT2D eigenvalue weighted by Gasteiger charge is 2.18. The Morgan fingerprint density at radius 3 is 2.65 bits per heavy atom. The van der Waals surface area contributed by atoms with Gasteiger partial charge < -0.3 is 9.78 Å². The maximum atomic E-state index is 11.0. The number of aromatic nitrogens is 1. The van der Waals surface area contributed by atoms with Gasteiger partial charge in [-0.15, -0.1) is 0 Å². The molecular weight excluding hydrogens is 314 g/mol. The number of hydrogen-bond acceptors (Lipinski definition) is 1. The van der Waals surface area contributed by atoms with Crippen LogP contribution in [-0.2, 0) is 17.6 Å². The number of carbonyl (C=O) groups is 1. The predicted octanol–water partition coefficient (Wildman–Crippen LogP) is 4.15. The number of aldehydes is 1. The van der Waals surface area contributed by atoms with E-state index in [4.69, 9.17) is 0 Å². The van der Waals surface area contributed by atoms with Crippen molar-refractivity contribution in [2.24, 2.45) is 0 Å². The first-order valence-electron chi connectivity index (χ1n) is 6.82. The van der Waals surface area contributed by atoms with Crippen LogP contribution >= 0.6 is 15.9 Å². The van der Waals surface area contributed by atoms with Crippen LogP contribution in [0.25, 0.3) is 0 Å². The molecule has 0 fully saturated rings. The zero-order valence-electron chi connectivity index (χ0n) is 11.1. The third-order valence-corrected chi connectivity index (χ3v) is 4.35. The van der Waals surface area contributed by atoms with E-state index >= 15 is 0 Å². The Hall–Kier alpha value is -1.61. The predicted molar refractivity (Wildman–Crippen MR) is 84.0 cm³/mol. The van der Waals surface area contributed by atoms with E-state index in [-0.39, 0.29) is 5.92 Å². The summed E-state index contributed by atoms with van der Waals surface area (Å²) in [5.41, 5.74) is 4.96. The van der Waals surface area contributed by atoms with Crippen molar-refractivity contribution in [1.82, 2.24) is 4.98 Å². The maximum absolute atomic E-state index is 11.0. The molecule has 1 heterocycles. The fraction of sp³-hybridized carbons (Fsp3) is 0.235. The van der Waals surface area contributed by atoms with Gasteiger partial charge in [-0.25, -0.2) is 0 Å². The minimum absolute atomic E-state index is 0.117.